The molecule has 0 heterocycles. The summed E-state index contributed by atoms with van der Waals surface area (Å²) in [4.78, 5) is 43.0. The molecule has 0 saturated heterocycles. The van der Waals surface area contributed by atoms with Crippen molar-refractivity contribution in [3.63, 3.8) is 0 Å². The van der Waals surface area contributed by atoms with Crippen molar-refractivity contribution < 1.29 is 34.8 Å². The van der Waals surface area contributed by atoms with Gasteiger partial charge in [0.15, 0.2) is 11.4 Å². The first-order valence-corrected chi connectivity index (χ1v) is 15.0. The minimum absolute atomic E-state index is 0.0720. The number of primary amides is 1. The first-order chi connectivity index (χ1) is 19.8. The number of nitrogens with two attached hydrogens (primary N) is 1. The predicted octanol–water partition coefficient (Wildman–Crippen LogP) is 2.93. The minimum atomic E-state index is -2.64. The number of aliphatic hydroxyl groups is 3. The van der Waals surface area contributed by atoms with E-state index in [4.69, 9.17) is 5.73 Å². The molecule has 10 nitrogen and oxygen atoms in total. The van der Waals surface area contributed by atoms with Gasteiger partial charge in [0.2, 0.25) is 5.78 Å². The van der Waals surface area contributed by atoms with Crippen LogP contribution in [0.4, 0.5) is 5.69 Å². The van der Waals surface area contributed by atoms with E-state index in [0.717, 1.165) is 18.5 Å². The zero-order chi connectivity index (χ0) is 30.7. The quantitative estimate of drug-likeness (QED) is 0.305. The molecule has 4 atom stereocenters. The lowest BCUT2D eigenvalue weighted by atomic mass is 9.57. The highest BCUT2D eigenvalue weighted by atomic mass is 16.3. The van der Waals surface area contributed by atoms with Crippen molar-refractivity contribution in [3.8, 4) is 5.75 Å². The number of phenols is 1. The number of hydrogen-bond acceptors (Lipinski definition) is 9. The van der Waals surface area contributed by atoms with Crippen molar-refractivity contribution >= 4 is 28.9 Å². The van der Waals surface area contributed by atoms with Crippen LogP contribution >= 0.6 is 0 Å². The average molecular weight is 582 g/mol. The molecule has 1 aromatic carbocycles. The molecule has 42 heavy (non-hydrogen) atoms. The van der Waals surface area contributed by atoms with Crippen molar-refractivity contribution in [2.75, 3.05) is 33.1 Å². The second-order valence-corrected chi connectivity index (χ2v) is 13.0. The van der Waals surface area contributed by atoms with E-state index >= 15 is 0 Å². The van der Waals surface area contributed by atoms with Gasteiger partial charge in [-0.3, -0.25) is 19.3 Å². The van der Waals surface area contributed by atoms with Crippen LogP contribution in [-0.4, -0.2) is 82.6 Å². The molecule has 2 fully saturated rings. The number of amides is 1. The molecule has 1 amide bonds. The number of hydrogen-bond donors (Lipinski definition) is 5. The summed E-state index contributed by atoms with van der Waals surface area (Å²) in [5, 5.41) is 46.0. The van der Waals surface area contributed by atoms with E-state index in [1.54, 1.807) is 14.1 Å². The summed E-state index contributed by atoms with van der Waals surface area (Å²) in [5.41, 5.74) is 4.17. The van der Waals surface area contributed by atoms with Crippen LogP contribution < -0.4 is 10.6 Å². The summed E-state index contributed by atoms with van der Waals surface area (Å²) >= 11 is 0. The van der Waals surface area contributed by atoms with Gasteiger partial charge in [-0.25, -0.2) is 0 Å². The van der Waals surface area contributed by atoms with Gasteiger partial charge in [-0.05, 0) is 68.8 Å². The number of rotatable bonds is 7. The molecule has 0 spiro atoms. The molecule has 0 radical (unpaired) electrons. The number of carbonyl (C=O) groups is 3. The summed E-state index contributed by atoms with van der Waals surface area (Å²) < 4.78 is 0. The highest BCUT2D eigenvalue weighted by Gasteiger charge is 2.64. The van der Waals surface area contributed by atoms with Crippen molar-refractivity contribution in [2.24, 2.45) is 23.5 Å². The van der Waals surface area contributed by atoms with Crippen LogP contribution in [0.1, 0.15) is 68.1 Å². The van der Waals surface area contributed by atoms with Gasteiger partial charge < -0.3 is 31.1 Å². The SMILES string of the molecule is CN(C)c1cc(CCCC2CCCCC2)c(O)c2c1C[C@H]1C[C@H]3[C@H](N(C)C)C(=O)C(C(N)=O)=C(O)[C@@]3(O)C(=O)C1=C2O. The predicted molar refractivity (Wildman–Crippen MR) is 158 cm³/mol. The molecule has 4 aliphatic carbocycles. The van der Waals surface area contributed by atoms with Crippen LogP contribution in [0, 0.1) is 17.8 Å². The van der Waals surface area contributed by atoms with E-state index in [1.165, 1.54) is 37.0 Å². The highest BCUT2D eigenvalue weighted by Crippen LogP contribution is 2.54. The molecule has 10 heteroatoms. The Morgan fingerprint density at radius 3 is 2.33 bits per heavy atom. The average Bonchev–Trinajstić information content (AvgIpc) is 2.92. The standard InChI is InChI=1S/C32H43N3O7/c1-34(2)21-15-17(12-8-11-16-9-6-5-7-10-16)26(36)23-19(21)13-18-14-20-25(35(3)4)28(38)24(31(33)41)30(40)32(20,42)29(39)22(18)27(23)37/h15-16,18,20,25,36-37,40,42H,5-14H2,1-4H3,(H2,33,41)/t18-,20-,25-,32-/m0/s1. The molecule has 4 aliphatic rings. The first-order valence-electron chi connectivity index (χ1n) is 15.0. The number of aryl methyl sites for hydroxylation is 1. The molecule has 2 saturated carbocycles. The number of aromatic hydroxyl groups is 1. The number of likely N-dealkylation sites (N-methyl/N-ethyl adjacent to an activating group) is 1. The second kappa shape index (κ2) is 11.0. The van der Waals surface area contributed by atoms with Crippen LogP contribution in [0.25, 0.3) is 5.76 Å². The molecular weight excluding hydrogens is 538 g/mol. The number of fused-ring (bicyclic) bond motifs is 3. The lowest BCUT2D eigenvalue weighted by Crippen LogP contribution is -2.65. The summed E-state index contributed by atoms with van der Waals surface area (Å²) in [6.45, 7) is 0. The molecule has 5 rings (SSSR count). The molecule has 0 bridgehead atoms. The van der Waals surface area contributed by atoms with Gasteiger partial charge in [0, 0.05) is 31.3 Å². The molecule has 6 N–H and O–H groups in total. The van der Waals surface area contributed by atoms with Crippen molar-refractivity contribution in [3.05, 3.63) is 39.7 Å². The smallest absolute Gasteiger partial charge is 0.255 e. The Balaban J connectivity index is 1.60. The van der Waals surface area contributed by atoms with E-state index < -0.39 is 58.0 Å². The van der Waals surface area contributed by atoms with Crippen LogP contribution in [0.2, 0.25) is 0 Å². The van der Waals surface area contributed by atoms with Gasteiger partial charge in [-0.1, -0.05) is 38.5 Å². The number of anilines is 1. The molecule has 1 aromatic rings. The number of aliphatic hydroxyl groups excluding tert-OH is 2. The Hall–Kier alpha value is -3.37. The summed E-state index contributed by atoms with van der Waals surface area (Å²) in [6.07, 6.45) is 9.20. The lowest BCUT2D eigenvalue weighted by Gasteiger charge is -2.50. The van der Waals surface area contributed by atoms with Crippen LogP contribution in [0.3, 0.4) is 0 Å². The third-order valence-electron chi connectivity index (χ3n) is 10.0. The molecule has 0 aromatic heterocycles. The fourth-order valence-electron chi connectivity index (χ4n) is 7.99. The van der Waals surface area contributed by atoms with Crippen LogP contribution in [0.5, 0.6) is 5.75 Å². The highest BCUT2D eigenvalue weighted by molar-refractivity contribution is 6.24. The Morgan fingerprint density at radius 1 is 1.07 bits per heavy atom. The van der Waals surface area contributed by atoms with E-state index in [1.807, 2.05) is 25.1 Å². The third-order valence-corrected chi connectivity index (χ3v) is 10.0. The number of Topliss-reactive ketones (excluding diaryl/α,β-unsaturated/α-hetero) is 2. The monoisotopic (exact) mass is 581 g/mol. The van der Waals surface area contributed by atoms with Gasteiger partial charge in [0.1, 0.15) is 22.8 Å². The summed E-state index contributed by atoms with van der Waals surface area (Å²) in [5.74, 6) is -5.60. The molecule has 0 aliphatic heterocycles. The van der Waals surface area contributed by atoms with Gasteiger partial charge in [0.25, 0.3) is 5.91 Å². The maximum atomic E-state index is 14.1. The minimum Gasteiger partial charge on any atom is -0.508 e. The number of nitrogens with zero attached hydrogens (tertiary/aromatic N) is 2. The van der Waals surface area contributed by atoms with Gasteiger partial charge >= 0.3 is 0 Å². The van der Waals surface area contributed by atoms with Crippen LogP contribution in [0.15, 0.2) is 23.0 Å². The summed E-state index contributed by atoms with van der Waals surface area (Å²) in [7, 11) is 6.95. The van der Waals surface area contributed by atoms with Crippen molar-refractivity contribution in [2.45, 2.75) is 75.9 Å². The van der Waals surface area contributed by atoms with Gasteiger partial charge in [-0.2, -0.15) is 0 Å². The van der Waals surface area contributed by atoms with E-state index in [0.29, 0.717) is 23.5 Å². The van der Waals surface area contributed by atoms with E-state index in [9.17, 15) is 34.8 Å². The number of benzene rings is 1. The Kier molecular flexibility index (Phi) is 7.91. The second-order valence-electron chi connectivity index (χ2n) is 13.0. The maximum Gasteiger partial charge on any atom is 0.255 e. The first kappa shape index (κ1) is 30.1. The van der Waals surface area contributed by atoms with Crippen LogP contribution in [-0.2, 0) is 27.2 Å². The van der Waals surface area contributed by atoms with E-state index in [2.05, 4.69) is 0 Å². The number of carbonyl (C=O) groups excluding carboxylic acids is 3. The fourth-order valence-corrected chi connectivity index (χ4v) is 7.99. The number of ketones is 2. The molecule has 228 valence electrons. The Bertz CT molecular complexity index is 1390. The normalized spacial score (nSPS) is 28.1. The molecule has 0 unspecified atom stereocenters. The maximum absolute atomic E-state index is 14.1. The largest absolute Gasteiger partial charge is 0.508 e. The topological polar surface area (TPSA) is 165 Å². The summed E-state index contributed by atoms with van der Waals surface area (Å²) in [6, 6.07) is 0.852. The van der Waals surface area contributed by atoms with Gasteiger partial charge in [-0.15, -0.1) is 0 Å². The van der Waals surface area contributed by atoms with E-state index in [-0.39, 0.29) is 29.7 Å². The zero-order valence-electron chi connectivity index (χ0n) is 24.9. The lowest BCUT2D eigenvalue weighted by molar-refractivity contribution is -0.153. The fraction of sp³-hybridized carbons (Fsp3) is 0.594. The zero-order valence-corrected chi connectivity index (χ0v) is 24.9. The Morgan fingerprint density at radius 2 is 1.74 bits per heavy atom. The Labute approximate surface area is 246 Å². The van der Waals surface area contributed by atoms with Crippen molar-refractivity contribution in [1.29, 1.82) is 0 Å². The van der Waals surface area contributed by atoms with Gasteiger partial charge in [0.05, 0.1) is 11.6 Å². The number of phenolic OH excluding ortho intramolecular Hbond substituents is 1. The molecular formula is C32H43N3O7. The third kappa shape index (κ3) is 4.59. The van der Waals surface area contributed by atoms with Crippen molar-refractivity contribution in [1.82, 2.24) is 4.90 Å².